The average molecular weight is 147 g/mol. The molecule has 1 heteroatoms. The highest BCUT2D eigenvalue weighted by Crippen LogP contribution is 2.22. The smallest absolute Gasteiger partial charge is 0.0378 e. The summed E-state index contributed by atoms with van der Waals surface area (Å²) in [6.07, 6.45) is 0. The van der Waals surface area contributed by atoms with Crippen molar-refractivity contribution in [3.8, 4) is 0 Å². The van der Waals surface area contributed by atoms with Gasteiger partial charge in [-0.2, -0.15) is 0 Å². The summed E-state index contributed by atoms with van der Waals surface area (Å²) >= 11 is 1.78. The van der Waals surface area contributed by atoms with Gasteiger partial charge in [0.2, 0.25) is 0 Å². The molecule has 0 unspecified atom stereocenters. The molecular formula is C9H7S. The summed E-state index contributed by atoms with van der Waals surface area (Å²) in [5.41, 5.74) is 1.26. The van der Waals surface area contributed by atoms with Gasteiger partial charge >= 0.3 is 0 Å². The van der Waals surface area contributed by atoms with Crippen molar-refractivity contribution in [2.75, 3.05) is 0 Å². The first-order chi connectivity index (χ1) is 4.88. The third-order valence-corrected chi connectivity index (χ3v) is 2.65. The predicted octanol–water partition coefficient (Wildman–Crippen LogP) is 3.01. The van der Waals surface area contributed by atoms with E-state index < -0.39 is 0 Å². The van der Waals surface area contributed by atoms with E-state index in [0.717, 1.165) is 0 Å². The second kappa shape index (κ2) is 2.10. The fourth-order valence-electron chi connectivity index (χ4n) is 1.08. The van der Waals surface area contributed by atoms with Crippen LogP contribution in [0.3, 0.4) is 0 Å². The highest BCUT2D eigenvalue weighted by atomic mass is 32.1. The number of thiophene rings is 1. The second-order valence-electron chi connectivity index (χ2n) is 2.31. The summed E-state index contributed by atoms with van der Waals surface area (Å²) in [5.74, 6) is 0. The van der Waals surface area contributed by atoms with Crippen molar-refractivity contribution in [3.63, 3.8) is 0 Å². The predicted molar refractivity (Wildman–Crippen MR) is 45.4 cm³/mol. The molecule has 0 bridgehead atoms. The summed E-state index contributed by atoms with van der Waals surface area (Å²) in [7, 11) is 0. The van der Waals surface area contributed by atoms with Crippen LogP contribution in [0.4, 0.5) is 0 Å². The van der Waals surface area contributed by atoms with Crippen LogP contribution in [0.1, 0.15) is 5.56 Å². The molecular weight excluding hydrogens is 140 g/mol. The van der Waals surface area contributed by atoms with Crippen molar-refractivity contribution < 1.29 is 0 Å². The molecule has 0 amide bonds. The number of hydrogen-bond donors (Lipinski definition) is 0. The van der Waals surface area contributed by atoms with Crippen LogP contribution in [0.25, 0.3) is 10.1 Å². The van der Waals surface area contributed by atoms with Gasteiger partial charge in [0.15, 0.2) is 0 Å². The van der Waals surface area contributed by atoms with Gasteiger partial charge in [0, 0.05) is 4.70 Å². The van der Waals surface area contributed by atoms with E-state index in [4.69, 9.17) is 0 Å². The maximum Gasteiger partial charge on any atom is 0.0378 e. The fourth-order valence-corrected chi connectivity index (χ4v) is 1.94. The summed E-state index contributed by atoms with van der Waals surface area (Å²) in [6.45, 7) is 2.10. The Morgan fingerprint density at radius 3 is 3.10 bits per heavy atom. The first-order valence-corrected chi connectivity index (χ1v) is 4.10. The summed E-state index contributed by atoms with van der Waals surface area (Å²) in [4.78, 5) is 0. The molecule has 0 N–H and O–H groups in total. The van der Waals surface area contributed by atoms with Crippen LogP contribution in [-0.4, -0.2) is 0 Å². The van der Waals surface area contributed by atoms with Crippen molar-refractivity contribution in [3.05, 3.63) is 35.2 Å². The Labute approximate surface area is 64.1 Å². The molecule has 0 atom stereocenters. The van der Waals surface area contributed by atoms with Crippen LogP contribution in [0.5, 0.6) is 0 Å². The lowest BCUT2D eigenvalue weighted by Crippen LogP contribution is -1.69. The Morgan fingerprint density at radius 2 is 2.30 bits per heavy atom. The number of benzene rings is 1. The van der Waals surface area contributed by atoms with E-state index in [1.807, 2.05) is 6.07 Å². The molecule has 10 heavy (non-hydrogen) atoms. The van der Waals surface area contributed by atoms with Gasteiger partial charge in [-0.3, -0.25) is 0 Å². The number of fused-ring (bicyclic) bond motifs is 1. The normalized spacial score (nSPS) is 10.5. The molecule has 0 spiro atoms. The van der Waals surface area contributed by atoms with Crippen molar-refractivity contribution in [1.29, 1.82) is 0 Å². The first-order valence-electron chi connectivity index (χ1n) is 3.22. The lowest BCUT2D eigenvalue weighted by molar-refractivity contribution is 1.54. The van der Waals surface area contributed by atoms with Crippen LogP contribution in [0, 0.1) is 13.0 Å². The summed E-state index contributed by atoms with van der Waals surface area (Å²) in [6, 6.07) is 9.38. The molecule has 1 heterocycles. The zero-order chi connectivity index (χ0) is 6.97. The van der Waals surface area contributed by atoms with Gasteiger partial charge in [-0.15, -0.1) is 11.3 Å². The minimum atomic E-state index is 1.26. The van der Waals surface area contributed by atoms with Crippen molar-refractivity contribution >= 4 is 21.4 Å². The van der Waals surface area contributed by atoms with E-state index in [-0.39, 0.29) is 0 Å². The van der Waals surface area contributed by atoms with Gasteiger partial charge in [0.25, 0.3) is 0 Å². The Morgan fingerprint density at radius 1 is 1.40 bits per heavy atom. The summed E-state index contributed by atoms with van der Waals surface area (Å²) in [5, 5.41) is 3.45. The third-order valence-electron chi connectivity index (χ3n) is 1.60. The van der Waals surface area contributed by atoms with Gasteiger partial charge in [-0.25, -0.2) is 0 Å². The van der Waals surface area contributed by atoms with Crippen molar-refractivity contribution in [1.82, 2.24) is 0 Å². The highest BCUT2D eigenvalue weighted by molar-refractivity contribution is 7.17. The van der Waals surface area contributed by atoms with E-state index in [0.29, 0.717) is 0 Å². The molecule has 0 saturated heterocycles. The fraction of sp³-hybridized carbons (Fsp3) is 0.111. The van der Waals surface area contributed by atoms with Gasteiger partial charge in [-0.1, -0.05) is 12.1 Å². The molecule has 0 aliphatic carbocycles. The van der Waals surface area contributed by atoms with Crippen LogP contribution < -0.4 is 0 Å². The molecule has 0 aliphatic rings. The molecule has 0 fully saturated rings. The van der Waals surface area contributed by atoms with E-state index in [1.165, 1.54) is 15.6 Å². The van der Waals surface area contributed by atoms with Gasteiger partial charge in [-0.05, 0) is 35.4 Å². The van der Waals surface area contributed by atoms with Crippen molar-refractivity contribution in [2.24, 2.45) is 0 Å². The van der Waals surface area contributed by atoms with Gasteiger partial charge in [0.05, 0.1) is 0 Å². The second-order valence-corrected chi connectivity index (χ2v) is 3.22. The third kappa shape index (κ3) is 0.745. The number of rotatable bonds is 0. The van der Waals surface area contributed by atoms with Gasteiger partial charge < -0.3 is 0 Å². The van der Waals surface area contributed by atoms with Crippen LogP contribution in [0.2, 0.25) is 0 Å². The molecule has 1 aromatic heterocycles. The van der Waals surface area contributed by atoms with E-state index >= 15 is 0 Å². The molecule has 0 saturated carbocycles. The van der Waals surface area contributed by atoms with E-state index in [9.17, 15) is 0 Å². The first kappa shape index (κ1) is 5.93. The molecule has 0 nitrogen and oxygen atoms in total. The van der Waals surface area contributed by atoms with E-state index in [1.54, 1.807) is 11.3 Å². The Balaban J connectivity index is 2.95. The molecule has 0 aliphatic heterocycles. The van der Waals surface area contributed by atoms with Crippen LogP contribution in [-0.2, 0) is 0 Å². The van der Waals surface area contributed by atoms with E-state index in [2.05, 4.69) is 30.5 Å². The van der Waals surface area contributed by atoms with Gasteiger partial charge in [0.1, 0.15) is 0 Å². The highest BCUT2D eigenvalue weighted by Gasteiger charge is 1.95. The average Bonchev–Trinajstić information content (AvgIpc) is 2.36. The molecule has 2 aromatic rings. The maximum absolute atomic E-state index is 3.17. The Bertz CT molecular complexity index is 346. The largest absolute Gasteiger partial charge is 0.144 e. The lowest BCUT2D eigenvalue weighted by Gasteiger charge is -1.90. The topological polar surface area (TPSA) is 0 Å². The quantitative estimate of drug-likeness (QED) is 0.537. The zero-order valence-corrected chi connectivity index (χ0v) is 6.53. The number of hydrogen-bond acceptors (Lipinski definition) is 1. The monoisotopic (exact) mass is 147 g/mol. The Hall–Kier alpha value is -0.820. The molecule has 1 radical (unpaired) electrons. The molecule has 49 valence electrons. The maximum atomic E-state index is 3.17. The Kier molecular flexibility index (Phi) is 1.24. The molecule has 1 aromatic carbocycles. The SMILES string of the molecule is Cc1[c]ccc2ccsc12. The number of aryl methyl sites for hydroxylation is 1. The van der Waals surface area contributed by atoms with Crippen LogP contribution >= 0.6 is 11.3 Å². The lowest BCUT2D eigenvalue weighted by atomic mass is 10.2. The molecule has 2 rings (SSSR count). The summed E-state index contributed by atoms with van der Waals surface area (Å²) < 4.78 is 1.36. The van der Waals surface area contributed by atoms with Crippen LogP contribution in [0.15, 0.2) is 23.6 Å². The standard InChI is InChI=1S/C9H7S/c1-7-3-2-4-8-5-6-10-9(7)8/h2,4-6H,1H3. The zero-order valence-electron chi connectivity index (χ0n) is 5.72. The van der Waals surface area contributed by atoms with Crippen molar-refractivity contribution in [2.45, 2.75) is 6.92 Å². The minimum absolute atomic E-state index is 1.26. The minimum Gasteiger partial charge on any atom is -0.144 e.